The zero-order valence-corrected chi connectivity index (χ0v) is 8.92. The molecule has 0 fully saturated rings. The van der Waals surface area contributed by atoms with Crippen molar-refractivity contribution in [3.63, 3.8) is 0 Å². The summed E-state index contributed by atoms with van der Waals surface area (Å²) in [5.74, 6) is 0.825. The first-order chi connectivity index (χ1) is 4.63. The molecule has 0 aliphatic carbocycles. The van der Waals surface area contributed by atoms with Crippen molar-refractivity contribution in [1.29, 1.82) is 0 Å². The molecule has 2 nitrogen and oxygen atoms in total. The maximum Gasteiger partial charge on any atom is 0.360 e. The Morgan fingerprint density at radius 3 is 2.20 bits per heavy atom. The van der Waals surface area contributed by atoms with Crippen LogP contribution in [0.15, 0.2) is 5.82 Å². The molecule has 0 aromatic heterocycles. The summed E-state index contributed by atoms with van der Waals surface area (Å²) >= 11 is 2.20. The molecule has 3 heteroatoms. The van der Waals surface area contributed by atoms with Gasteiger partial charge in [0, 0.05) is 20.1 Å². The predicted molar refractivity (Wildman–Crippen MR) is 52.5 cm³/mol. The van der Waals surface area contributed by atoms with Gasteiger partial charge in [0.1, 0.15) is 0 Å². The molecule has 0 unspecified atom stereocenters. The van der Waals surface area contributed by atoms with Gasteiger partial charge < -0.3 is 4.90 Å². The van der Waals surface area contributed by atoms with E-state index in [0.717, 1.165) is 18.9 Å². The van der Waals surface area contributed by atoms with Gasteiger partial charge in [0.15, 0.2) is 0 Å². The Bertz CT molecular complexity index is 102. The summed E-state index contributed by atoms with van der Waals surface area (Å²) < 4.78 is 1.99. The van der Waals surface area contributed by atoms with E-state index in [4.69, 9.17) is 6.58 Å². The Hall–Kier alpha value is -0.0200. The number of hydrogen-bond acceptors (Lipinski definition) is 2. The summed E-state index contributed by atoms with van der Waals surface area (Å²) in [6.07, 6.45) is 0. The summed E-state index contributed by atoms with van der Waals surface area (Å²) in [5.41, 5.74) is 0. The minimum Gasteiger partial charge on any atom is -0.317 e. The molecule has 0 aromatic rings. The van der Waals surface area contributed by atoms with Gasteiger partial charge in [-0.2, -0.15) is 0 Å². The maximum absolute atomic E-state index is 5.74. The number of hydrogen-bond donors (Lipinski definition) is 0. The van der Waals surface area contributed by atoms with E-state index < -0.39 is 0 Å². The fourth-order valence-electron chi connectivity index (χ4n) is 0.509. The van der Waals surface area contributed by atoms with Crippen LogP contribution in [0.1, 0.15) is 13.8 Å². The van der Waals surface area contributed by atoms with Crippen molar-refractivity contribution >= 4 is 22.9 Å². The van der Waals surface area contributed by atoms with Gasteiger partial charge in [-0.1, -0.05) is 0 Å². The Morgan fingerprint density at radius 1 is 1.40 bits per heavy atom. The first kappa shape index (κ1) is 9.98. The second kappa shape index (κ2) is 4.74. The highest BCUT2D eigenvalue weighted by molar-refractivity contribution is 14.1. The van der Waals surface area contributed by atoms with Crippen LogP contribution in [-0.2, 0) is 0 Å². The molecule has 0 aromatic carbocycles. The molecule has 0 spiro atoms. The predicted octanol–water partition coefficient (Wildman–Crippen LogP) is 1.88. The number of halogens is 1. The van der Waals surface area contributed by atoms with E-state index in [0.29, 0.717) is 0 Å². The van der Waals surface area contributed by atoms with Crippen LogP contribution in [0, 0.1) is 6.58 Å². The lowest BCUT2D eigenvalue weighted by molar-refractivity contribution is 0.362. The van der Waals surface area contributed by atoms with Crippen LogP contribution in [0.3, 0.4) is 0 Å². The van der Waals surface area contributed by atoms with Crippen molar-refractivity contribution in [2.75, 3.05) is 20.1 Å². The SMILES string of the molecule is [CH+]=C(N(C)CC)N(I)CC. The molecule has 0 N–H and O–H groups in total. The highest BCUT2D eigenvalue weighted by atomic mass is 127. The van der Waals surface area contributed by atoms with Crippen LogP contribution < -0.4 is 0 Å². The standard InChI is InChI=1S/C7H14IN2/c1-5-9(4)7(3)10(8)6-2/h3H,5-6H2,1-2,4H3/q+1. The minimum atomic E-state index is 0.825. The molecule has 0 atom stereocenters. The van der Waals surface area contributed by atoms with E-state index in [-0.39, 0.29) is 0 Å². The van der Waals surface area contributed by atoms with Crippen molar-refractivity contribution in [3.05, 3.63) is 12.4 Å². The van der Waals surface area contributed by atoms with E-state index in [1.165, 1.54) is 0 Å². The second-order valence-corrected chi connectivity index (χ2v) is 3.22. The number of nitrogens with zero attached hydrogens (tertiary/aromatic N) is 2. The summed E-state index contributed by atoms with van der Waals surface area (Å²) in [6, 6.07) is 0. The Morgan fingerprint density at radius 2 is 1.90 bits per heavy atom. The summed E-state index contributed by atoms with van der Waals surface area (Å²) in [4.78, 5) is 2.01. The van der Waals surface area contributed by atoms with E-state index in [1.54, 1.807) is 0 Å². The van der Waals surface area contributed by atoms with Gasteiger partial charge in [-0.3, -0.25) is 3.11 Å². The second-order valence-electron chi connectivity index (χ2n) is 2.05. The largest absolute Gasteiger partial charge is 0.360 e. The molecule has 0 radical (unpaired) electrons. The minimum absolute atomic E-state index is 0.825. The van der Waals surface area contributed by atoms with Crippen LogP contribution in [0.4, 0.5) is 0 Å². The Balaban J connectivity index is 3.82. The molecule has 0 amide bonds. The van der Waals surface area contributed by atoms with Gasteiger partial charge in [0.25, 0.3) is 6.58 Å². The van der Waals surface area contributed by atoms with E-state index in [1.807, 2.05) is 15.1 Å². The van der Waals surface area contributed by atoms with Crippen molar-refractivity contribution in [2.45, 2.75) is 13.8 Å². The molecule has 0 saturated heterocycles. The third-order valence-corrected chi connectivity index (χ3v) is 2.57. The van der Waals surface area contributed by atoms with E-state index >= 15 is 0 Å². The van der Waals surface area contributed by atoms with Crippen LogP contribution in [0.25, 0.3) is 0 Å². The average Bonchev–Trinajstić information content (AvgIpc) is 2.00. The summed E-state index contributed by atoms with van der Waals surface area (Å²) in [6.45, 7) is 11.8. The smallest absolute Gasteiger partial charge is 0.317 e. The first-order valence-electron chi connectivity index (χ1n) is 3.40. The highest BCUT2D eigenvalue weighted by Gasteiger charge is 2.14. The fraction of sp³-hybridized carbons (Fsp3) is 0.714. The van der Waals surface area contributed by atoms with Crippen molar-refractivity contribution in [2.24, 2.45) is 0 Å². The molecular weight excluding hydrogens is 239 g/mol. The lowest BCUT2D eigenvalue weighted by atomic mass is 10.5. The lowest BCUT2D eigenvalue weighted by Crippen LogP contribution is -2.25. The molecule has 58 valence electrons. The van der Waals surface area contributed by atoms with Gasteiger partial charge in [-0.25, -0.2) is 0 Å². The molecule has 10 heavy (non-hydrogen) atoms. The maximum atomic E-state index is 5.74. The molecule has 0 saturated carbocycles. The van der Waals surface area contributed by atoms with Gasteiger partial charge in [0.2, 0.25) is 0 Å². The molecule has 0 heterocycles. The molecule has 0 aliphatic rings. The lowest BCUT2D eigenvalue weighted by Gasteiger charge is -2.17. The fourth-order valence-corrected chi connectivity index (χ4v) is 0.878. The van der Waals surface area contributed by atoms with Gasteiger partial charge in [0.05, 0.1) is 22.9 Å². The highest BCUT2D eigenvalue weighted by Crippen LogP contribution is 2.10. The van der Waals surface area contributed by atoms with E-state index in [2.05, 4.69) is 36.7 Å². The quantitative estimate of drug-likeness (QED) is 0.429. The Kier molecular flexibility index (Phi) is 4.73. The van der Waals surface area contributed by atoms with Crippen molar-refractivity contribution in [3.8, 4) is 0 Å². The summed E-state index contributed by atoms with van der Waals surface area (Å²) in [5, 5.41) is 0. The zero-order valence-electron chi connectivity index (χ0n) is 6.76. The third kappa shape index (κ3) is 2.71. The topological polar surface area (TPSA) is 6.48 Å². The van der Waals surface area contributed by atoms with Crippen LogP contribution in [-0.4, -0.2) is 28.2 Å². The first-order valence-corrected chi connectivity index (χ1v) is 4.36. The zero-order chi connectivity index (χ0) is 8.15. The van der Waals surface area contributed by atoms with Crippen molar-refractivity contribution in [1.82, 2.24) is 8.01 Å². The Labute approximate surface area is 77.4 Å². The normalized spacial score (nSPS) is 9.10. The van der Waals surface area contributed by atoms with Crippen LogP contribution in [0.5, 0.6) is 0 Å². The molecule has 0 aliphatic heterocycles. The molecular formula is C7H14IN2+. The monoisotopic (exact) mass is 253 g/mol. The average molecular weight is 253 g/mol. The van der Waals surface area contributed by atoms with Gasteiger partial charge in [-0.05, 0) is 13.8 Å². The van der Waals surface area contributed by atoms with Crippen LogP contribution in [0.2, 0.25) is 0 Å². The third-order valence-electron chi connectivity index (χ3n) is 1.39. The van der Waals surface area contributed by atoms with Crippen molar-refractivity contribution < 1.29 is 0 Å². The van der Waals surface area contributed by atoms with Gasteiger partial charge >= 0.3 is 5.82 Å². The van der Waals surface area contributed by atoms with Gasteiger partial charge in [-0.15, -0.1) is 0 Å². The number of rotatable bonds is 4. The molecule has 0 bridgehead atoms. The van der Waals surface area contributed by atoms with Crippen LogP contribution >= 0.6 is 22.9 Å². The summed E-state index contributed by atoms with van der Waals surface area (Å²) in [7, 11) is 1.98. The van der Waals surface area contributed by atoms with E-state index in [9.17, 15) is 0 Å². The molecule has 0 rings (SSSR count).